The van der Waals surface area contributed by atoms with E-state index in [1.807, 2.05) is 30.3 Å². The molecule has 0 spiro atoms. The fourth-order valence-electron chi connectivity index (χ4n) is 2.84. The lowest BCUT2D eigenvalue weighted by atomic mass is 10.1. The van der Waals surface area contributed by atoms with E-state index in [2.05, 4.69) is 21.9 Å². The fraction of sp³-hybridized carbons (Fsp3) is 0.250. The van der Waals surface area contributed by atoms with Gasteiger partial charge < -0.3 is 0 Å². The average Bonchev–Trinajstić information content (AvgIpc) is 3.41. The van der Waals surface area contributed by atoms with Gasteiger partial charge in [-0.1, -0.05) is 42.2 Å². The summed E-state index contributed by atoms with van der Waals surface area (Å²) in [6, 6.07) is 8.96. The minimum absolute atomic E-state index is 0.414. The lowest BCUT2D eigenvalue weighted by Crippen LogP contribution is -2.32. The Hall–Kier alpha value is -3.17. The first-order chi connectivity index (χ1) is 12.7. The number of fused-ring (bicyclic) bond motifs is 1. The van der Waals surface area contributed by atoms with Gasteiger partial charge in [0.25, 0.3) is 5.91 Å². The molecule has 6 heteroatoms. The Morgan fingerprint density at radius 2 is 2.12 bits per heavy atom. The second-order valence-corrected chi connectivity index (χ2v) is 6.46. The highest BCUT2D eigenvalue weighted by molar-refractivity contribution is 5.84. The number of carbonyl (C=O) groups excluding carboxylic acids is 1. The number of aromatic nitrogens is 3. The van der Waals surface area contributed by atoms with E-state index >= 15 is 0 Å². The Balaban J connectivity index is 1.71. The van der Waals surface area contributed by atoms with Crippen molar-refractivity contribution in [1.29, 1.82) is 0 Å². The van der Waals surface area contributed by atoms with E-state index in [1.54, 1.807) is 28.8 Å². The van der Waals surface area contributed by atoms with Crippen LogP contribution in [0.5, 0.6) is 0 Å². The van der Waals surface area contributed by atoms with E-state index < -0.39 is 11.9 Å². The number of carbonyl (C=O) groups is 1. The third-order valence-corrected chi connectivity index (χ3v) is 4.42. The van der Waals surface area contributed by atoms with Crippen LogP contribution in [0.25, 0.3) is 10.9 Å². The molecule has 0 aliphatic heterocycles. The second kappa shape index (κ2) is 6.98. The van der Waals surface area contributed by atoms with Gasteiger partial charge in [-0.2, -0.15) is 5.10 Å². The van der Waals surface area contributed by atoms with Crippen molar-refractivity contribution in [3.8, 4) is 11.8 Å². The zero-order chi connectivity index (χ0) is 17.9. The van der Waals surface area contributed by atoms with E-state index in [0.717, 1.165) is 34.9 Å². The van der Waals surface area contributed by atoms with Crippen molar-refractivity contribution in [3.63, 3.8) is 0 Å². The molecule has 1 atom stereocenters. The summed E-state index contributed by atoms with van der Waals surface area (Å²) in [6.45, 7) is 0. The molecule has 1 aliphatic carbocycles. The van der Waals surface area contributed by atoms with Crippen molar-refractivity contribution in [2.75, 3.05) is 0 Å². The molecule has 26 heavy (non-hydrogen) atoms. The van der Waals surface area contributed by atoms with Crippen LogP contribution in [-0.2, 0) is 11.2 Å². The molecule has 6 nitrogen and oxygen atoms in total. The first-order valence-electron chi connectivity index (χ1n) is 8.57. The number of rotatable bonds is 4. The van der Waals surface area contributed by atoms with Gasteiger partial charge in [-0.15, -0.1) is 0 Å². The van der Waals surface area contributed by atoms with E-state index in [0.29, 0.717) is 12.3 Å². The van der Waals surface area contributed by atoms with Crippen molar-refractivity contribution < 1.29 is 10.0 Å². The summed E-state index contributed by atoms with van der Waals surface area (Å²) in [5.41, 5.74) is 4.21. The molecule has 0 radical (unpaired) electrons. The predicted molar refractivity (Wildman–Crippen MR) is 96.2 cm³/mol. The van der Waals surface area contributed by atoms with Crippen LogP contribution in [0.1, 0.15) is 30.0 Å². The summed E-state index contributed by atoms with van der Waals surface area (Å²) in [7, 11) is 0. The SMILES string of the molecule is O=C(NO)C(Cc1ccccc1)n1cc2cncc(C#CC3CC3)c2n1. The smallest absolute Gasteiger partial charge is 0.268 e. The van der Waals surface area contributed by atoms with Gasteiger partial charge in [0.15, 0.2) is 0 Å². The maximum atomic E-state index is 12.2. The molecule has 0 bridgehead atoms. The monoisotopic (exact) mass is 346 g/mol. The topological polar surface area (TPSA) is 80.0 Å². The number of nitrogens with one attached hydrogen (secondary N) is 1. The highest BCUT2D eigenvalue weighted by atomic mass is 16.5. The van der Waals surface area contributed by atoms with Gasteiger partial charge in [0, 0.05) is 36.3 Å². The number of benzene rings is 1. The normalized spacial score (nSPS) is 14.5. The van der Waals surface area contributed by atoms with Crippen LogP contribution >= 0.6 is 0 Å². The van der Waals surface area contributed by atoms with Crippen LogP contribution < -0.4 is 5.48 Å². The third-order valence-electron chi connectivity index (χ3n) is 4.42. The lowest BCUT2D eigenvalue weighted by molar-refractivity contribution is -0.132. The van der Waals surface area contributed by atoms with E-state index in [-0.39, 0.29) is 0 Å². The summed E-state index contributed by atoms with van der Waals surface area (Å²) < 4.78 is 1.58. The summed E-state index contributed by atoms with van der Waals surface area (Å²) in [5, 5.41) is 14.5. The molecule has 1 saturated carbocycles. The van der Waals surface area contributed by atoms with E-state index in [4.69, 9.17) is 5.21 Å². The van der Waals surface area contributed by atoms with Crippen LogP contribution in [0.3, 0.4) is 0 Å². The maximum absolute atomic E-state index is 12.2. The van der Waals surface area contributed by atoms with Gasteiger partial charge in [0.05, 0.1) is 5.56 Å². The molecule has 2 aromatic heterocycles. The number of hydrogen-bond acceptors (Lipinski definition) is 4. The molecule has 4 rings (SSSR count). The van der Waals surface area contributed by atoms with Crippen molar-refractivity contribution in [2.45, 2.75) is 25.3 Å². The molecule has 1 aliphatic rings. The van der Waals surface area contributed by atoms with Crippen molar-refractivity contribution in [1.82, 2.24) is 20.2 Å². The minimum Gasteiger partial charge on any atom is -0.289 e. The zero-order valence-corrected chi connectivity index (χ0v) is 14.1. The van der Waals surface area contributed by atoms with Crippen LogP contribution in [0.15, 0.2) is 48.9 Å². The molecule has 130 valence electrons. The summed E-state index contributed by atoms with van der Waals surface area (Å²) in [6.07, 6.45) is 7.90. The number of nitrogens with zero attached hydrogens (tertiary/aromatic N) is 3. The quantitative estimate of drug-likeness (QED) is 0.432. The molecule has 1 unspecified atom stereocenters. The third kappa shape index (κ3) is 3.44. The highest BCUT2D eigenvalue weighted by Crippen LogP contribution is 2.28. The Morgan fingerprint density at radius 3 is 2.85 bits per heavy atom. The molecule has 2 N–H and O–H groups in total. The Bertz CT molecular complexity index is 997. The molecular weight excluding hydrogens is 328 g/mol. The predicted octanol–water partition coefficient (Wildman–Crippen LogP) is 2.48. The first kappa shape index (κ1) is 16.3. The van der Waals surface area contributed by atoms with Crippen molar-refractivity contribution in [3.05, 3.63) is 60.0 Å². The molecule has 1 amide bonds. The van der Waals surface area contributed by atoms with Gasteiger partial charge in [-0.25, -0.2) is 5.48 Å². The summed E-state index contributed by atoms with van der Waals surface area (Å²) >= 11 is 0. The minimum atomic E-state index is -0.668. The lowest BCUT2D eigenvalue weighted by Gasteiger charge is -2.15. The van der Waals surface area contributed by atoms with Crippen LogP contribution in [0.4, 0.5) is 0 Å². The van der Waals surface area contributed by atoms with Crippen molar-refractivity contribution >= 4 is 16.8 Å². The molecular formula is C20H18N4O2. The zero-order valence-electron chi connectivity index (χ0n) is 14.1. The molecule has 3 aromatic rings. The van der Waals surface area contributed by atoms with Crippen LogP contribution in [-0.4, -0.2) is 25.9 Å². The Labute approximate surface area is 150 Å². The number of hydroxylamine groups is 1. The molecule has 0 saturated heterocycles. The van der Waals surface area contributed by atoms with Gasteiger partial charge in [0.1, 0.15) is 11.6 Å². The summed E-state index contributed by atoms with van der Waals surface area (Å²) in [4.78, 5) is 16.5. The second-order valence-electron chi connectivity index (χ2n) is 6.46. The number of pyridine rings is 1. The highest BCUT2D eigenvalue weighted by Gasteiger charge is 2.23. The largest absolute Gasteiger partial charge is 0.289 e. The van der Waals surface area contributed by atoms with Gasteiger partial charge >= 0.3 is 0 Å². The van der Waals surface area contributed by atoms with Gasteiger partial charge in [-0.05, 0) is 18.4 Å². The molecule has 1 aromatic carbocycles. The molecule has 2 heterocycles. The number of hydrogen-bond donors (Lipinski definition) is 2. The Morgan fingerprint density at radius 1 is 1.31 bits per heavy atom. The van der Waals surface area contributed by atoms with Crippen LogP contribution in [0, 0.1) is 17.8 Å². The van der Waals surface area contributed by atoms with E-state index in [1.165, 1.54) is 0 Å². The fourth-order valence-corrected chi connectivity index (χ4v) is 2.84. The number of amides is 1. The summed E-state index contributed by atoms with van der Waals surface area (Å²) in [5.74, 6) is 6.35. The molecule has 1 fully saturated rings. The Kier molecular flexibility index (Phi) is 4.38. The van der Waals surface area contributed by atoms with Gasteiger partial charge in [-0.3, -0.25) is 19.7 Å². The van der Waals surface area contributed by atoms with E-state index in [9.17, 15) is 4.79 Å². The van der Waals surface area contributed by atoms with Crippen LogP contribution in [0.2, 0.25) is 0 Å². The van der Waals surface area contributed by atoms with Crippen molar-refractivity contribution in [2.24, 2.45) is 5.92 Å². The first-order valence-corrected chi connectivity index (χ1v) is 8.57. The van der Waals surface area contributed by atoms with Gasteiger partial charge in [0.2, 0.25) is 0 Å². The standard InChI is InChI=1S/C20H18N4O2/c25-20(23-26)18(10-15-4-2-1-3-5-15)24-13-17-12-21-11-16(19(17)22-24)9-8-14-6-7-14/h1-5,11-14,18,26H,6-7,10H2,(H,23,25). The maximum Gasteiger partial charge on any atom is 0.268 e. The average molecular weight is 346 g/mol.